The number of imidazole rings is 1. The van der Waals surface area contributed by atoms with Gasteiger partial charge in [0.15, 0.2) is 0 Å². The molecular formula is C20H18F4N6O. The number of halogens is 4. The number of nitrogens with zero attached hydrogens (tertiary/aromatic N) is 4. The van der Waals surface area contributed by atoms with Gasteiger partial charge in [0.1, 0.15) is 11.3 Å². The van der Waals surface area contributed by atoms with Crippen molar-refractivity contribution in [2.75, 3.05) is 5.32 Å². The lowest BCUT2D eigenvalue weighted by Crippen LogP contribution is -2.33. The van der Waals surface area contributed by atoms with Gasteiger partial charge >= 0.3 is 6.36 Å². The number of hydrogen-bond donors (Lipinski definition) is 2. The highest BCUT2D eigenvalue weighted by Gasteiger charge is 2.35. The number of rotatable bonds is 4. The highest BCUT2D eigenvalue weighted by molar-refractivity contribution is 5.93. The topological polar surface area (TPSA) is 80.1 Å². The molecule has 4 aromatic heterocycles. The number of H-pyrrole nitrogens is 1. The van der Waals surface area contributed by atoms with Crippen LogP contribution in [0.5, 0.6) is 0 Å². The zero-order valence-corrected chi connectivity index (χ0v) is 16.2. The maximum atomic E-state index is 13.9. The van der Waals surface area contributed by atoms with Crippen molar-refractivity contribution >= 4 is 22.6 Å². The summed E-state index contributed by atoms with van der Waals surface area (Å²) in [7, 11) is 0. The predicted molar refractivity (Wildman–Crippen MR) is 105 cm³/mol. The SMILES string of the molecule is Fc1cnc2ccc(-c3c[nH]c4nc(N[C@H]5CC[C@@H](OC(F)(F)F)CC5)ncc34)cn12. The fourth-order valence-corrected chi connectivity index (χ4v) is 4.02. The van der Waals surface area contributed by atoms with Crippen molar-refractivity contribution in [3.05, 3.63) is 42.9 Å². The molecule has 1 aliphatic carbocycles. The molecule has 2 N–H and O–H groups in total. The molecule has 11 heteroatoms. The highest BCUT2D eigenvalue weighted by atomic mass is 19.4. The lowest BCUT2D eigenvalue weighted by molar-refractivity contribution is -0.345. The second-order valence-electron chi connectivity index (χ2n) is 7.57. The molecule has 5 rings (SSSR count). The molecule has 0 aliphatic heterocycles. The largest absolute Gasteiger partial charge is 0.522 e. The molecule has 4 heterocycles. The predicted octanol–water partition coefficient (Wildman–Crippen LogP) is 4.67. The van der Waals surface area contributed by atoms with E-state index in [1.165, 1.54) is 4.40 Å². The fourth-order valence-electron chi connectivity index (χ4n) is 4.02. The van der Waals surface area contributed by atoms with Crippen LogP contribution < -0.4 is 5.32 Å². The number of nitrogens with one attached hydrogen (secondary N) is 2. The number of fused-ring (bicyclic) bond motifs is 2. The second-order valence-corrected chi connectivity index (χ2v) is 7.57. The first-order valence-corrected chi connectivity index (χ1v) is 9.84. The molecule has 0 radical (unpaired) electrons. The first-order chi connectivity index (χ1) is 14.9. The minimum Gasteiger partial charge on any atom is -0.351 e. The first-order valence-electron chi connectivity index (χ1n) is 9.84. The Bertz CT molecular complexity index is 1230. The maximum absolute atomic E-state index is 13.9. The van der Waals surface area contributed by atoms with Crippen LogP contribution in [0, 0.1) is 5.95 Å². The van der Waals surface area contributed by atoms with Gasteiger partial charge in [0.05, 0.1) is 12.3 Å². The van der Waals surface area contributed by atoms with E-state index >= 15 is 0 Å². The summed E-state index contributed by atoms with van der Waals surface area (Å²) >= 11 is 0. The van der Waals surface area contributed by atoms with Crippen LogP contribution in [0.4, 0.5) is 23.5 Å². The minimum absolute atomic E-state index is 0.0217. The van der Waals surface area contributed by atoms with Gasteiger partial charge in [0, 0.05) is 41.1 Å². The number of ether oxygens (including phenoxy) is 1. The molecular weight excluding hydrogens is 416 g/mol. The Morgan fingerprint density at radius 3 is 2.68 bits per heavy atom. The van der Waals surface area contributed by atoms with Gasteiger partial charge in [0.2, 0.25) is 11.9 Å². The van der Waals surface area contributed by atoms with Crippen LogP contribution in [0.1, 0.15) is 25.7 Å². The van der Waals surface area contributed by atoms with Crippen molar-refractivity contribution < 1.29 is 22.3 Å². The lowest BCUT2D eigenvalue weighted by atomic mass is 9.93. The number of aromatic amines is 1. The molecule has 1 saturated carbocycles. The molecule has 0 atom stereocenters. The van der Waals surface area contributed by atoms with Gasteiger partial charge in [-0.3, -0.25) is 9.14 Å². The van der Waals surface area contributed by atoms with Crippen LogP contribution in [0.2, 0.25) is 0 Å². The van der Waals surface area contributed by atoms with Crippen LogP contribution in [0.3, 0.4) is 0 Å². The summed E-state index contributed by atoms with van der Waals surface area (Å²) in [5, 5.41) is 3.96. The van der Waals surface area contributed by atoms with Crippen molar-refractivity contribution in [3.63, 3.8) is 0 Å². The molecule has 1 fully saturated rings. The maximum Gasteiger partial charge on any atom is 0.522 e. The average Bonchev–Trinajstić information content (AvgIpc) is 3.31. The number of aromatic nitrogens is 5. The summed E-state index contributed by atoms with van der Waals surface area (Å²) < 4.78 is 56.4. The molecule has 31 heavy (non-hydrogen) atoms. The van der Waals surface area contributed by atoms with E-state index in [2.05, 4.69) is 30.0 Å². The average molecular weight is 434 g/mol. The Balaban J connectivity index is 1.31. The van der Waals surface area contributed by atoms with Crippen molar-refractivity contribution in [1.29, 1.82) is 0 Å². The number of hydrogen-bond acceptors (Lipinski definition) is 5. The number of pyridine rings is 1. The van der Waals surface area contributed by atoms with Gasteiger partial charge < -0.3 is 10.3 Å². The van der Waals surface area contributed by atoms with Crippen molar-refractivity contribution in [2.24, 2.45) is 0 Å². The Labute approximate surface area is 173 Å². The molecule has 0 unspecified atom stereocenters. The molecule has 0 aromatic carbocycles. The molecule has 4 aromatic rings. The smallest absolute Gasteiger partial charge is 0.351 e. The Kier molecular flexibility index (Phi) is 4.77. The van der Waals surface area contributed by atoms with Gasteiger partial charge in [0.25, 0.3) is 0 Å². The third-order valence-corrected chi connectivity index (χ3v) is 5.51. The summed E-state index contributed by atoms with van der Waals surface area (Å²) in [6, 6.07) is 3.55. The molecule has 0 bridgehead atoms. The first kappa shape index (κ1) is 19.7. The van der Waals surface area contributed by atoms with E-state index in [0.717, 1.165) is 22.7 Å². The van der Waals surface area contributed by atoms with Crippen molar-refractivity contribution in [2.45, 2.75) is 44.2 Å². The summed E-state index contributed by atoms with van der Waals surface area (Å²) in [4.78, 5) is 15.9. The monoisotopic (exact) mass is 434 g/mol. The minimum atomic E-state index is -4.60. The Hall–Kier alpha value is -3.21. The van der Waals surface area contributed by atoms with E-state index < -0.39 is 18.4 Å². The van der Waals surface area contributed by atoms with E-state index in [9.17, 15) is 17.6 Å². The fraction of sp³-hybridized carbons (Fsp3) is 0.350. The molecule has 0 spiro atoms. The summed E-state index contributed by atoms with van der Waals surface area (Å²) in [5.74, 6) is -0.0491. The Morgan fingerprint density at radius 1 is 1.10 bits per heavy atom. The third-order valence-electron chi connectivity index (χ3n) is 5.51. The van der Waals surface area contributed by atoms with Crippen LogP contribution in [-0.4, -0.2) is 42.8 Å². The summed E-state index contributed by atoms with van der Waals surface area (Å²) in [5.41, 5.74) is 2.72. The van der Waals surface area contributed by atoms with E-state index in [1.807, 2.05) is 6.07 Å². The van der Waals surface area contributed by atoms with Gasteiger partial charge in [-0.25, -0.2) is 9.97 Å². The van der Waals surface area contributed by atoms with E-state index in [0.29, 0.717) is 42.9 Å². The van der Waals surface area contributed by atoms with Crippen LogP contribution >= 0.6 is 0 Å². The van der Waals surface area contributed by atoms with E-state index in [-0.39, 0.29) is 6.04 Å². The van der Waals surface area contributed by atoms with Crippen molar-refractivity contribution in [3.8, 4) is 11.1 Å². The molecule has 7 nitrogen and oxygen atoms in total. The normalized spacial score (nSPS) is 19.9. The quantitative estimate of drug-likeness (QED) is 0.457. The van der Waals surface area contributed by atoms with Crippen LogP contribution in [0.15, 0.2) is 36.9 Å². The van der Waals surface area contributed by atoms with E-state index in [4.69, 9.17) is 0 Å². The molecule has 0 amide bonds. The van der Waals surface area contributed by atoms with Gasteiger partial charge in [-0.1, -0.05) is 0 Å². The molecule has 162 valence electrons. The van der Waals surface area contributed by atoms with Crippen LogP contribution in [-0.2, 0) is 4.74 Å². The third kappa shape index (κ3) is 4.05. The Morgan fingerprint density at radius 2 is 1.90 bits per heavy atom. The lowest BCUT2D eigenvalue weighted by Gasteiger charge is -2.29. The van der Waals surface area contributed by atoms with Crippen LogP contribution in [0.25, 0.3) is 27.8 Å². The molecule has 1 aliphatic rings. The second kappa shape index (κ2) is 7.49. The van der Waals surface area contributed by atoms with Gasteiger partial charge in [-0.05, 0) is 37.8 Å². The number of anilines is 1. The van der Waals surface area contributed by atoms with Gasteiger partial charge in [-0.2, -0.15) is 9.37 Å². The van der Waals surface area contributed by atoms with E-state index in [1.54, 1.807) is 24.7 Å². The van der Waals surface area contributed by atoms with Crippen molar-refractivity contribution in [1.82, 2.24) is 24.3 Å². The van der Waals surface area contributed by atoms with Gasteiger partial charge in [-0.15, -0.1) is 13.2 Å². The summed E-state index contributed by atoms with van der Waals surface area (Å²) in [6.07, 6.45) is 2.58. The standard InChI is InChI=1S/C20H18F4N6O/c21-16-9-25-17-6-1-11(10-30(16)17)14-7-26-18-15(14)8-27-19(29-18)28-12-2-4-13(5-3-12)31-20(22,23)24/h1,6-10,12-13H,2-5H2,(H2,26,27,28,29)/t12-,13+. The zero-order valence-electron chi connectivity index (χ0n) is 16.2. The number of alkyl halides is 3. The highest BCUT2D eigenvalue weighted by Crippen LogP contribution is 2.31. The zero-order chi connectivity index (χ0) is 21.6. The summed E-state index contributed by atoms with van der Waals surface area (Å²) in [6.45, 7) is 0. The molecule has 0 saturated heterocycles.